The maximum absolute atomic E-state index is 5.35. The molecular formula is C17H14BrNO2S. The summed E-state index contributed by atoms with van der Waals surface area (Å²) in [6.07, 6.45) is 0. The summed E-state index contributed by atoms with van der Waals surface area (Å²) in [6.45, 7) is 0. The number of ether oxygens (including phenoxy) is 2. The summed E-state index contributed by atoms with van der Waals surface area (Å²) in [5.74, 6) is 1.42. The summed E-state index contributed by atoms with van der Waals surface area (Å²) in [5, 5.41) is 3.04. The Kier molecular flexibility index (Phi) is 4.45. The van der Waals surface area contributed by atoms with Gasteiger partial charge in [-0.3, -0.25) is 0 Å². The van der Waals surface area contributed by atoms with E-state index in [0.717, 1.165) is 26.3 Å². The lowest BCUT2D eigenvalue weighted by molar-refractivity contribution is 0.355. The van der Waals surface area contributed by atoms with E-state index in [1.165, 1.54) is 0 Å². The first-order valence-corrected chi connectivity index (χ1v) is 8.32. The van der Waals surface area contributed by atoms with Crippen LogP contribution in [-0.4, -0.2) is 19.2 Å². The Hall–Kier alpha value is -1.85. The Labute approximate surface area is 141 Å². The van der Waals surface area contributed by atoms with Crippen LogP contribution in [0.2, 0.25) is 0 Å². The van der Waals surface area contributed by atoms with Crippen LogP contribution in [0, 0.1) is 0 Å². The normalized spacial score (nSPS) is 10.5. The minimum Gasteiger partial charge on any atom is -0.493 e. The first-order valence-electron chi connectivity index (χ1n) is 6.65. The molecule has 0 fully saturated rings. The third-order valence-corrected chi connectivity index (χ3v) is 4.64. The highest BCUT2D eigenvalue weighted by molar-refractivity contribution is 9.10. The van der Waals surface area contributed by atoms with Crippen molar-refractivity contribution in [2.24, 2.45) is 0 Å². The molecule has 3 aromatic rings. The molecule has 0 saturated carbocycles. The van der Waals surface area contributed by atoms with Gasteiger partial charge in [0.05, 0.1) is 19.9 Å². The van der Waals surface area contributed by atoms with Crippen LogP contribution >= 0.6 is 27.3 Å². The van der Waals surface area contributed by atoms with Gasteiger partial charge in [-0.1, -0.05) is 28.1 Å². The molecule has 3 nitrogen and oxygen atoms in total. The van der Waals surface area contributed by atoms with Crippen LogP contribution in [0.4, 0.5) is 0 Å². The molecule has 1 aromatic heterocycles. The Morgan fingerprint density at radius 1 is 0.955 bits per heavy atom. The standard InChI is InChI=1S/C17H14BrNO2S/c1-20-15-7-6-11(9-16(15)21-2)14-10-22-17(19-14)12-4-3-5-13(18)8-12/h3-10H,1-2H3. The molecule has 0 aliphatic carbocycles. The van der Waals surface area contributed by atoms with Gasteiger partial charge in [-0.05, 0) is 30.3 Å². The molecule has 2 aromatic carbocycles. The Morgan fingerprint density at radius 3 is 2.50 bits per heavy atom. The van der Waals surface area contributed by atoms with Gasteiger partial charge in [0.1, 0.15) is 5.01 Å². The number of aromatic nitrogens is 1. The van der Waals surface area contributed by atoms with Crippen molar-refractivity contribution in [2.45, 2.75) is 0 Å². The van der Waals surface area contributed by atoms with Crippen molar-refractivity contribution < 1.29 is 9.47 Å². The molecule has 112 valence electrons. The average Bonchev–Trinajstić information content (AvgIpc) is 3.04. The van der Waals surface area contributed by atoms with Gasteiger partial charge in [0.25, 0.3) is 0 Å². The quantitative estimate of drug-likeness (QED) is 0.623. The Balaban J connectivity index is 1.97. The summed E-state index contributed by atoms with van der Waals surface area (Å²) < 4.78 is 11.7. The van der Waals surface area contributed by atoms with Crippen LogP contribution in [0.3, 0.4) is 0 Å². The number of halogens is 1. The number of nitrogens with zero attached hydrogens (tertiary/aromatic N) is 1. The number of hydrogen-bond donors (Lipinski definition) is 0. The van der Waals surface area contributed by atoms with Crippen molar-refractivity contribution in [3.63, 3.8) is 0 Å². The van der Waals surface area contributed by atoms with E-state index in [9.17, 15) is 0 Å². The molecule has 0 aliphatic rings. The monoisotopic (exact) mass is 375 g/mol. The highest BCUT2D eigenvalue weighted by Gasteiger charge is 2.10. The van der Waals surface area contributed by atoms with E-state index in [4.69, 9.17) is 14.5 Å². The molecule has 0 N–H and O–H groups in total. The maximum atomic E-state index is 5.35. The SMILES string of the molecule is COc1ccc(-c2csc(-c3cccc(Br)c3)n2)cc1OC. The van der Waals surface area contributed by atoms with E-state index in [-0.39, 0.29) is 0 Å². The second kappa shape index (κ2) is 6.50. The lowest BCUT2D eigenvalue weighted by atomic mass is 10.1. The van der Waals surface area contributed by atoms with E-state index >= 15 is 0 Å². The lowest BCUT2D eigenvalue weighted by Gasteiger charge is -2.08. The van der Waals surface area contributed by atoms with Gasteiger partial charge in [-0.25, -0.2) is 4.98 Å². The largest absolute Gasteiger partial charge is 0.493 e. The predicted molar refractivity (Wildman–Crippen MR) is 93.8 cm³/mol. The summed E-state index contributed by atoms with van der Waals surface area (Å²) in [7, 11) is 3.27. The van der Waals surface area contributed by atoms with Crippen LogP contribution in [0.15, 0.2) is 52.3 Å². The summed E-state index contributed by atoms with van der Waals surface area (Å²) in [4.78, 5) is 4.72. The van der Waals surface area contributed by atoms with Gasteiger partial charge in [0.15, 0.2) is 11.5 Å². The first kappa shape index (κ1) is 15.1. The van der Waals surface area contributed by atoms with Crippen molar-refractivity contribution in [3.8, 4) is 33.3 Å². The minimum absolute atomic E-state index is 0.706. The molecule has 0 saturated heterocycles. The van der Waals surface area contributed by atoms with Crippen molar-refractivity contribution in [3.05, 3.63) is 52.3 Å². The average molecular weight is 376 g/mol. The number of benzene rings is 2. The van der Waals surface area contributed by atoms with Gasteiger partial charge in [-0.15, -0.1) is 11.3 Å². The smallest absolute Gasteiger partial charge is 0.161 e. The van der Waals surface area contributed by atoms with Gasteiger partial charge in [0, 0.05) is 21.0 Å². The zero-order valence-electron chi connectivity index (χ0n) is 12.2. The molecule has 0 amide bonds. The fraction of sp³-hybridized carbons (Fsp3) is 0.118. The highest BCUT2D eigenvalue weighted by Crippen LogP contribution is 2.34. The van der Waals surface area contributed by atoms with Gasteiger partial charge < -0.3 is 9.47 Å². The van der Waals surface area contributed by atoms with Gasteiger partial charge in [-0.2, -0.15) is 0 Å². The molecule has 1 heterocycles. The number of hydrogen-bond acceptors (Lipinski definition) is 4. The minimum atomic E-state index is 0.706. The first-order chi connectivity index (χ1) is 10.7. The zero-order chi connectivity index (χ0) is 15.5. The molecule has 0 bridgehead atoms. The van der Waals surface area contributed by atoms with Crippen LogP contribution in [0.5, 0.6) is 11.5 Å². The number of rotatable bonds is 4. The van der Waals surface area contributed by atoms with Gasteiger partial charge in [0.2, 0.25) is 0 Å². The molecule has 22 heavy (non-hydrogen) atoms. The predicted octanol–water partition coefficient (Wildman–Crippen LogP) is 5.26. The molecule has 3 rings (SSSR count). The van der Waals surface area contributed by atoms with Crippen LogP contribution in [0.25, 0.3) is 21.8 Å². The third kappa shape index (κ3) is 3.00. The van der Waals surface area contributed by atoms with E-state index in [0.29, 0.717) is 11.5 Å². The number of thiazole rings is 1. The lowest BCUT2D eigenvalue weighted by Crippen LogP contribution is -1.90. The molecule has 0 aliphatic heterocycles. The molecule has 0 unspecified atom stereocenters. The van der Waals surface area contributed by atoms with Crippen LogP contribution in [0.1, 0.15) is 0 Å². The molecule has 0 radical (unpaired) electrons. The van der Waals surface area contributed by atoms with E-state index in [1.807, 2.05) is 30.3 Å². The van der Waals surface area contributed by atoms with Crippen molar-refractivity contribution in [1.82, 2.24) is 4.98 Å². The molecule has 0 spiro atoms. The second-order valence-corrected chi connectivity index (χ2v) is 6.39. The van der Waals surface area contributed by atoms with Crippen molar-refractivity contribution in [2.75, 3.05) is 14.2 Å². The highest BCUT2D eigenvalue weighted by atomic mass is 79.9. The summed E-state index contributed by atoms with van der Waals surface area (Å²) in [5.41, 5.74) is 3.04. The fourth-order valence-electron chi connectivity index (χ4n) is 2.16. The van der Waals surface area contributed by atoms with Crippen molar-refractivity contribution in [1.29, 1.82) is 0 Å². The second-order valence-electron chi connectivity index (χ2n) is 4.62. The molecule has 5 heteroatoms. The third-order valence-electron chi connectivity index (χ3n) is 3.26. The van der Waals surface area contributed by atoms with Crippen LogP contribution < -0.4 is 9.47 Å². The Bertz CT molecular complexity index is 801. The maximum Gasteiger partial charge on any atom is 0.161 e. The van der Waals surface area contributed by atoms with E-state index < -0.39 is 0 Å². The summed E-state index contributed by atoms with van der Waals surface area (Å²) in [6, 6.07) is 14.0. The summed E-state index contributed by atoms with van der Waals surface area (Å²) >= 11 is 5.12. The topological polar surface area (TPSA) is 31.4 Å². The number of methoxy groups -OCH3 is 2. The van der Waals surface area contributed by atoms with E-state index in [2.05, 4.69) is 33.4 Å². The van der Waals surface area contributed by atoms with Crippen molar-refractivity contribution >= 4 is 27.3 Å². The Morgan fingerprint density at radius 2 is 1.77 bits per heavy atom. The van der Waals surface area contributed by atoms with E-state index in [1.54, 1.807) is 25.6 Å². The fourth-order valence-corrected chi connectivity index (χ4v) is 3.38. The molecule has 0 atom stereocenters. The van der Waals surface area contributed by atoms with Gasteiger partial charge >= 0.3 is 0 Å². The molecular weight excluding hydrogens is 362 g/mol. The zero-order valence-corrected chi connectivity index (χ0v) is 14.6. The van der Waals surface area contributed by atoms with Crippen LogP contribution in [-0.2, 0) is 0 Å².